The fourth-order valence-electron chi connectivity index (χ4n) is 1.09. The van der Waals surface area contributed by atoms with Crippen molar-refractivity contribution in [3.63, 3.8) is 0 Å². The van der Waals surface area contributed by atoms with Crippen molar-refractivity contribution in [1.82, 2.24) is 0 Å². The molecule has 4 heteroatoms. The van der Waals surface area contributed by atoms with Crippen molar-refractivity contribution in [2.24, 2.45) is 0 Å². The second kappa shape index (κ2) is 5.41. The van der Waals surface area contributed by atoms with Crippen molar-refractivity contribution in [3.8, 4) is 0 Å². The van der Waals surface area contributed by atoms with Gasteiger partial charge in [0.1, 0.15) is 0 Å². The zero-order valence-corrected chi connectivity index (χ0v) is 10.5. The molecule has 0 saturated carbocycles. The van der Waals surface area contributed by atoms with Gasteiger partial charge in [-0.1, -0.05) is 31.9 Å². The monoisotopic (exact) mass is 318 g/mol. The van der Waals surface area contributed by atoms with Crippen LogP contribution in [0.4, 0.5) is 0 Å². The van der Waals surface area contributed by atoms with Crippen LogP contribution >= 0.6 is 31.9 Å². The second-order valence-electron chi connectivity index (χ2n) is 2.71. The number of carbonyl (C=O) groups is 2. The summed E-state index contributed by atoms with van der Waals surface area (Å²) in [5, 5.41) is 0.608. The number of rotatable bonds is 4. The van der Waals surface area contributed by atoms with Crippen LogP contribution in [0.1, 0.15) is 27.1 Å². The van der Waals surface area contributed by atoms with Gasteiger partial charge >= 0.3 is 0 Å². The molecule has 0 amide bonds. The number of hydrogen-bond acceptors (Lipinski definition) is 2. The van der Waals surface area contributed by atoms with Crippen molar-refractivity contribution in [3.05, 3.63) is 33.8 Å². The number of aldehydes is 1. The predicted octanol–water partition coefficient (Wildman–Crippen LogP) is 3.23. The van der Waals surface area contributed by atoms with E-state index in [4.69, 9.17) is 0 Å². The normalized spacial score (nSPS) is 9.86. The molecular formula is C10H8Br2O2. The predicted molar refractivity (Wildman–Crippen MR) is 62.3 cm³/mol. The standard InChI is InChI=1S/C10H8Br2O2/c11-4-3-10(14)9-5-8(12)2-1-7(9)6-13/h1-2,5-6H,3-4H2. The Hall–Kier alpha value is -0.480. The van der Waals surface area contributed by atoms with E-state index in [-0.39, 0.29) is 5.78 Å². The molecule has 0 spiro atoms. The molecule has 1 aromatic rings. The van der Waals surface area contributed by atoms with Gasteiger partial charge in [-0.2, -0.15) is 0 Å². The maximum Gasteiger partial charge on any atom is 0.164 e. The lowest BCUT2D eigenvalue weighted by Crippen LogP contribution is -2.03. The van der Waals surface area contributed by atoms with E-state index in [0.717, 1.165) is 4.47 Å². The van der Waals surface area contributed by atoms with E-state index in [1.165, 1.54) is 0 Å². The quantitative estimate of drug-likeness (QED) is 0.485. The van der Waals surface area contributed by atoms with Gasteiger partial charge in [0, 0.05) is 27.4 Å². The minimum Gasteiger partial charge on any atom is -0.298 e. The zero-order valence-electron chi connectivity index (χ0n) is 7.30. The van der Waals surface area contributed by atoms with Crippen LogP contribution in [0, 0.1) is 0 Å². The molecule has 2 nitrogen and oxygen atoms in total. The molecule has 1 aromatic carbocycles. The molecule has 0 unspecified atom stereocenters. The molecule has 0 aliphatic rings. The molecule has 0 saturated heterocycles. The molecule has 0 fully saturated rings. The molecular weight excluding hydrogens is 312 g/mol. The van der Waals surface area contributed by atoms with Crippen molar-refractivity contribution in [1.29, 1.82) is 0 Å². The lowest BCUT2D eigenvalue weighted by atomic mass is 10.0. The van der Waals surface area contributed by atoms with Crippen molar-refractivity contribution < 1.29 is 9.59 Å². The summed E-state index contributed by atoms with van der Waals surface area (Å²) in [6.45, 7) is 0. The number of hydrogen-bond donors (Lipinski definition) is 0. The first-order valence-electron chi connectivity index (χ1n) is 4.03. The molecule has 14 heavy (non-hydrogen) atoms. The van der Waals surface area contributed by atoms with Crippen LogP contribution in [-0.2, 0) is 0 Å². The number of carbonyl (C=O) groups excluding carboxylic acids is 2. The fraction of sp³-hybridized carbons (Fsp3) is 0.200. The molecule has 0 N–H and O–H groups in total. The van der Waals surface area contributed by atoms with Crippen LogP contribution in [0.3, 0.4) is 0 Å². The maximum absolute atomic E-state index is 11.6. The Kier molecular flexibility index (Phi) is 4.48. The van der Waals surface area contributed by atoms with Gasteiger partial charge in [0.25, 0.3) is 0 Å². The minimum absolute atomic E-state index is 0.0229. The molecule has 0 heterocycles. The first-order chi connectivity index (χ1) is 6.69. The summed E-state index contributed by atoms with van der Waals surface area (Å²) in [5.74, 6) is -0.0229. The molecule has 0 aliphatic heterocycles. The highest BCUT2D eigenvalue weighted by atomic mass is 79.9. The van der Waals surface area contributed by atoms with Gasteiger partial charge in [-0.3, -0.25) is 9.59 Å². The van der Waals surface area contributed by atoms with E-state index in [1.807, 2.05) is 0 Å². The van der Waals surface area contributed by atoms with Crippen molar-refractivity contribution in [2.45, 2.75) is 6.42 Å². The van der Waals surface area contributed by atoms with Crippen LogP contribution in [0.2, 0.25) is 0 Å². The number of alkyl halides is 1. The first-order valence-corrected chi connectivity index (χ1v) is 5.94. The zero-order chi connectivity index (χ0) is 10.6. The third-order valence-corrected chi connectivity index (χ3v) is 2.65. The maximum atomic E-state index is 11.6. The summed E-state index contributed by atoms with van der Waals surface area (Å²) < 4.78 is 0.807. The van der Waals surface area contributed by atoms with E-state index in [9.17, 15) is 9.59 Å². The van der Waals surface area contributed by atoms with Crippen LogP contribution in [0.25, 0.3) is 0 Å². The van der Waals surface area contributed by atoms with Crippen molar-refractivity contribution >= 4 is 43.9 Å². The van der Waals surface area contributed by atoms with Gasteiger partial charge in [-0.25, -0.2) is 0 Å². The van der Waals surface area contributed by atoms with Gasteiger partial charge < -0.3 is 0 Å². The summed E-state index contributed by atoms with van der Waals surface area (Å²) >= 11 is 6.46. The summed E-state index contributed by atoms with van der Waals surface area (Å²) in [6.07, 6.45) is 1.10. The Labute approximate surface area is 98.9 Å². The topological polar surface area (TPSA) is 34.1 Å². The van der Waals surface area contributed by atoms with E-state index in [2.05, 4.69) is 31.9 Å². The molecule has 74 valence electrons. The highest BCUT2D eigenvalue weighted by Crippen LogP contribution is 2.17. The Morgan fingerprint density at radius 1 is 1.43 bits per heavy atom. The van der Waals surface area contributed by atoms with Crippen LogP contribution < -0.4 is 0 Å². The van der Waals surface area contributed by atoms with E-state index in [1.54, 1.807) is 18.2 Å². The summed E-state index contributed by atoms with van der Waals surface area (Å²) in [7, 11) is 0. The largest absolute Gasteiger partial charge is 0.298 e. The third kappa shape index (κ3) is 2.75. The Morgan fingerprint density at radius 3 is 2.71 bits per heavy atom. The average Bonchev–Trinajstić information content (AvgIpc) is 2.18. The number of benzene rings is 1. The smallest absolute Gasteiger partial charge is 0.164 e. The van der Waals surface area contributed by atoms with Crippen LogP contribution in [0.5, 0.6) is 0 Å². The molecule has 0 aliphatic carbocycles. The summed E-state index contributed by atoms with van der Waals surface area (Å²) in [5.41, 5.74) is 0.924. The van der Waals surface area contributed by atoms with E-state index in [0.29, 0.717) is 29.2 Å². The number of Topliss-reactive ketones (excluding diaryl/α,β-unsaturated/α-hetero) is 1. The number of halogens is 2. The highest BCUT2D eigenvalue weighted by Gasteiger charge is 2.10. The van der Waals surface area contributed by atoms with Crippen molar-refractivity contribution in [2.75, 3.05) is 5.33 Å². The van der Waals surface area contributed by atoms with E-state index < -0.39 is 0 Å². The van der Waals surface area contributed by atoms with Gasteiger partial charge in [-0.05, 0) is 18.2 Å². The SMILES string of the molecule is O=Cc1ccc(Br)cc1C(=O)CCBr. The number of ketones is 1. The molecule has 1 rings (SSSR count). The highest BCUT2D eigenvalue weighted by molar-refractivity contribution is 9.10. The third-order valence-electron chi connectivity index (χ3n) is 1.76. The molecule has 0 atom stereocenters. The van der Waals surface area contributed by atoms with Gasteiger partial charge in [0.15, 0.2) is 12.1 Å². The van der Waals surface area contributed by atoms with E-state index >= 15 is 0 Å². The summed E-state index contributed by atoms with van der Waals surface area (Å²) in [6, 6.07) is 5.06. The lowest BCUT2D eigenvalue weighted by molar-refractivity contribution is 0.0983. The average molecular weight is 320 g/mol. The van der Waals surface area contributed by atoms with Crippen LogP contribution in [-0.4, -0.2) is 17.4 Å². The first kappa shape index (κ1) is 11.6. The fourth-order valence-corrected chi connectivity index (χ4v) is 1.81. The lowest BCUT2D eigenvalue weighted by Gasteiger charge is -2.02. The molecule has 0 radical (unpaired) electrons. The summed E-state index contributed by atoms with van der Waals surface area (Å²) in [4.78, 5) is 22.2. The Morgan fingerprint density at radius 2 is 2.14 bits per heavy atom. The van der Waals surface area contributed by atoms with Crippen LogP contribution in [0.15, 0.2) is 22.7 Å². The molecule has 0 aromatic heterocycles. The molecule has 0 bridgehead atoms. The Bertz CT molecular complexity index is 361. The Balaban J connectivity index is 3.10. The van der Waals surface area contributed by atoms with Gasteiger partial charge in [0.2, 0.25) is 0 Å². The van der Waals surface area contributed by atoms with Gasteiger partial charge in [0.05, 0.1) is 0 Å². The minimum atomic E-state index is -0.0229. The van der Waals surface area contributed by atoms with Gasteiger partial charge in [-0.15, -0.1) is 0 Å². The second-order valence-corrected chi connectivity index (χ2v) is 4.42.